The minimum Gasteiger partial charge on any atom is -0.391 e. The first-order valence-electron chi connectivity index (χ1n) is 14.2. The van der Waals surface area contributed by atoms with Crippen molar-refractivity contribution in [2.75, 3.05) is 6.54 Å². The van der Waals surface area contributed by atoms with Crippen LogP contribution >= 0.6 is 0 Å². The molecule has 1 saturated heterocycles. The summed E-state index contributed by atoms with van der Waals surface area (Å²) in [5.74, 6) is -0.298. The number of β-amino-alcohol motifs (C(OH)–C–C–N with tert-alkyl or cyclic N) is 1. The van der Waals surface area contributed by atoms with Crippen molar-refractivity contribution in [2.45, 2.75) is 102 Å². The van der Waals surface area contributed by atoms with Crippen molar-refractivity contribution < 1.29 is 19.5 Å². The van der Waals surface area contributed by atoms with E-state index in [2.05, 4.69) is 20.9 Å². The van der Waals surface area contributed by atoms with Crippen LogP contribution in [-0.4, -0.2) is 73.5 Å². The standard InChI is InChI=1S/C29H40N6O4/c1-29(2,3)25(35-17-23(32-33-35)18-13-14-18)28(39)34-16-20(36)15-24(34)27(38)31-22-12-8-7-11-21(22)30-26(37)19-9-5-4-6-10-19/h4-6,9-10,17-18,20-22,24-25,36H,7-8,11-16H2,1-3H3,(H,30,37)(H,31,38)/t20?,21-,22-,24?,25-/m1/s1. The molecule has 2 saturated carbocycles. The lowest BCUT2D eigenvalue weighted by Crippen LogP contribution is -2.57. The third kappa shape index (κ3) is 6.16. The second-order valence-electron chi connectivity index (χ2n) is 12.4. The molecule has 1 aromatic carbocycles. The Bertz CT molecular complexity index is 1190. The average Bonchev–Trinajstić information content (AvgIpc) is 3.51. The lowest BCUT2D eigenvalue weighted by molar-refractivity contribution is -0.144. The van der Waals surface area contributed by atoms with E-state index in [-0.39, 0.29) is 42.8 Å². The molecule has 5 rings (SSSR count). The smallest absolute Gasteiger partial charge is 0.251 e. The van der Waals surface area contributed by atoms with Gasteiger partial charge in [-0.2, -0.15) is 0 Å². The molecule has 2 aliphatic carbocycles. The van der Waals surface area contributed by atoms with E-state index in [9.17, 15) is 19.5 Å². The summed E-state index contributed by atoms with van der Waals surface area (Å²) >= 11 is 0. The third-order valence-electron chi connectivity index (χ3n) is 8.15. The Morgan fingerprint density at radius 1 is 1.00 bits per heavy atom. The summed E-state index contributed by atoms with van der Waals surface area (Å²) < 4.78 is 1.63. The van der Waals surface area contributed by atoms with Gasteiger partial charge in [0, 0.05) is 42.7 Å². The van der Waals surface area contributed by atoms with Crippen LogP contribution in [0.5, 0.6) is 0 Å². The van der Waals surface area contributed by atoms with Crippen molar-refractivity contribution in [3.05, 3.63) is 47.8 Å². The number of aliphatic hydroxyl groups excluding tert-OH is 1. The first-order chi connectivity index (χ1) is 18.6. The number of nitrogens with one attached hydrogen (secondary N) is 2. The van der Waals surface area contributed by atoms with Crippen LogP contribution in [0, 0.1) is 5.41 Å². The molecule has 10 heteroatoms. The summed E-state index contributed by atoms with van der Waals surface area (Å²) in [5.41, 5.74) is 0.986. The van der Waals surface area contributed by atoms with E-state index >= 15 is 0 Å². The van der Waals surface area contributed by atoms with E-state index < -0.39 is 23.6 Å². The highest BCUT2D eigenvalue weighted by molar-refractivity contribution is 5.94. The summed E-state index contributed by atoms with van der Waals surface area (Å²) in [6.07, 6.45) is 6.82. The molecule has 0 spiro atoms. The zero-order valence-electron chi connectivity index (χ0n) is 23.0. The number of hydrogen-bond donors (Lipinski definition) is 3. The van der Waals surface area contributed by atoms with E-state index in [1.165, 1.54) is 4.90 Å². The molecule has 39 heavy (non-hydrogen) atoms. The van der Waals surface area contributed by atoms with Crippen LogP contribution in [0.25, 0.3) is 0 Å². The molecule has 2 unspecified atom stereocenters. The number of hydrogen-bond acceptors (Lipinski definition) is 6. The van der Waals surface area contributed by atoms with E-state index in [4.69, 9.17) is 0 Å². The third-order valence-corrected chi connectivity index (χ3v) is 8.15. The largest absolute Gasteiger partial charge is 0.391 e. The molecule has 3 N–H and O–H groups in total. The zero-order chi connectivity index (χ0) is 27.7. The highest BCUT2D eigenvalue weighted by Gasteiger charge is 2.46. The number of rotatable bonds is 7. The maximum atomic E-state index is 14.0. The fraction of sp³-hybridized carbons (Fsp3) is 0.621. The number of aliphatic hydroxyl groups is 1. The van der Waals surface area contributed by atoms with Crippen LogP contribution < -0.4 is 10.6 Å². The molecule has 1 aliphatic heterocycles. The van der Waals surface area contributed by atoms with Gasteiger partial charge >= 0.3 is 0 Å². The molecule has 10 nitrogen and oxygen atoms in total. The molecule has 1 aromatic heterocycles. The number of carbonyl (C=O) groups is 3. The quantitative estimate of drug-likeness (QED) is 0.499. The molecular weight excluding hydrogens is 496 g/mol. The molecule has 0 radical (unpaired) electrons. The fourth-order valence-corrected chi connectivity index (χ4v) is 5.92. The van der Waals surface area contributed by atoms with Gasteiger partial charge < -0.3 is 20.6 Å². The molecule has 2 aromatic rings. The summed E-state index contributed by atoms with van der Waals surface area (Å²) in [5, 5.41) is 25.4. The molecule has 3 amide bonds. The molecule has 3 aliphatic rings. The Morgan fingerprint density at radius 2 is 1.67 bits per heavy atom. The maximum absolute atomic E-state index is 14.0. The van der Waals surface area contributed by atoms with Gasteiger partial charge in [0.15, 0.2) is 0 Å². The van der Waals surface area contributed by atoms with Crippen LogP contribution in [0.4, 0.5) is 0 Å². The molecule has 5 atom stereocenters. The Labute approximate surface area is 229 Å². The van der Waals surface area contributed by atoms with Gasteiger partial charge in [0.1, 0.15) is 12.1 Å². The number of aromatic nitrogens is 3. The highest BCUT2D eigenvalue weighted by Crippen LogP contribution is 2.40. The Balaban J connectivity index is 1.30. The summed E-state index contributed by atoms with van der Waals surface area (Å²) in [6.45, 7) is 6.00. The van der Waals surface area contributed by atoms with Crippen molar-refractivity contribution in [1.29, 1.82) is 0 Å². The lowest BCUT2D eigenvalue weighted by Gasteiger charge is -2.36. The lowest BCUT2D eigenvalue weighted by atomic mass is 9.85. The SMILES string of the molecule is CC(C)(C)[C@@H](C(=O)N1CC(O)CC1C(=O)N[C@@H]1CCCC[C@H]1NC(=O)c1ccccc1)n1cc(C2CC2)nn1. The van der Waals surface area contributed by atoms with Crippen LogP contribution in [-0.2, 0) is 9.59 Å². The summed E-state index contributed by atoms with van der Waals surface area (Å²) in [6, 6.07) is 7.14. The van der Waals surface area contributed by atoms with Crippen molar-refractivity contribution in [2.24, 2.45) is 5.41 Å². The van der Waals surface area contributed by atoms with Gasteiger partial charge in [-0.15, -0.1) is 5.10 Å². The highest BCUT2D eigenvalue weighted by atomic mass is 16.3. The van der Waals surface area contributed by atoms with E-state index in [0.29, 0.717) is 11.5 Å². The van der Waals surface area contributed by atoms with Crippen LogP contribution in [0.2, 0.25) is 0 Å². The Hall–Kier alpha value is -3.27. The predicted octanol–water partition coefficient (Wildman–Crippen LogP) is 2.56. The van der Waals surface area contributed by atoms with Gasteiger partial charge in [0.2, 0.25) is 11.8 Å². The monoisotopic (exact) mass is 536 g/mol. The predicted molar refractivity (Wildman–Crippen MR) is 145 cm³/mol. The fourth-order valence-electron chi connectivity index (χ4n) is 5.92. The summed E-state index contributed by atoms with van der Waals surface area (Å²) in [7, 11) is 0. The minimum absolute atomic E-state index is 0.0898. The first kappa shape index (κ1) is 27.3. The van der Waals surface area contributed by atoms with Gasteiger partial charge in [0.05, 0.1) is 11.8 Å². The van der Waals surface area contributed by atoms with Gasteiger partial charge in [-0.25, -0.2) is 4.68 Å². The second-order valence-corrected chi connectivity index (χ2v) is 12.4. The topological polar surface area (TPSA) is 129 Å². The van der Waals surface area contributed by atoms with Crippen molar-refractivity contribution in [3.63, 3.8) is 0 Å². The summed E-state index contributed by atoms with van der Waals surface area (Å²) in [4.78, 5) is 41.9. The Morgan fingerprint density at radius 3 is 2.31 bits per heavy atom. The number of nitrogens with zero attached hydrogens (tertiary/aromatic N) is 4. The number of amides is 3. The van der Waals surface area contributed by atoms with Gasteiger partial charge in [0.25, 0.3) is 5.91 Å². The van der Waals surface area contributed by atoms with Crippen molar-refractivity contribution >= 4 is 17.7 Å². The molecule has 210 valence electrons. The minimum atomic E-state index is -0.795. The number of carbonyl (C=O) groups excluding carboxylic acids is 3. The van der Waals surface area contributed by atoms with Crippen molar-refractivity contribution in [1.82, 2.24) is 30.5 Å². The number of likely N-dealkylation sites (tertiary alicyclic amines) is 1. The van der Waals surface area contributed by atoms with Gasteiger partial charge in [-0.3, -0.25) is 14.4 Å². The second kappa shape index (κ2) is 11.1. The van der Waals surface area contributed by atoms with Crippen molar-refractivity contribution in [3.8, 4) is 0 Å². The Kier molecular flexibility index (Phi) is 7.75. The van der Waals surface area contributed by atoms with Crippen LogP contribution in [0.1, 0.15) is 93.7 Å². The molecular formula is C29H40N6O4. The number of benzene rings is 1. The van der Waals surface area contributed by atoms with Crippen LogP contribution in [0.15, 0.2) is 36.5 Å². The van der Waals surface area contributed by atoms with E-state index in [1.54, 1.807) is 16.8 Å². The molecule has 2 heterocycles. The maximum Gasteiger partial charge on any atom is 0.251 e. The first-order valence-corrected chi connectivity index (χ1v) is 14.2. The van der Waals surface area contributed by atoms with Gasteiger partial charge in [-0.05, 0) is 43.2 Å². The molecule has 3 fully saturated rings. The van der Waals surface area contributed by atoms with E-state index in [1.807, 2.05) is 45.2 Å². The zero-order valence-corrected chi connectivity index (χ0v) is 23.0. The van der Waals surface area contributed by atoms with E-state index in [0.717, 1.165) is 44.2 Å². The van der Waals surface area contributed by atoms with Gasteiger partial charge in [-0.1, -0.05) is 57.0 Å². The molecule has 0 bridgehead atoms. The van der Waals surface area contributed by atoms with Crippen LogP contribution in [0.3, 0.4) is 0 Å². The normalized spacial score (nSPS) is 26.2. The average molecular weight is 537 g/mol.